The first kappa shape index (κ1) is 24.0. The first-order chi connectivity index (χ1) is 17.0. The molecule has 3 N–H and O–H groups in total. The van der Waals surface area contributed by atoms with Crippen molar-refractivity contribution in [3.63, 3.8) is 0 Å². The van der Waals surface area contributed by atoms with Gasteiger partial charge in [0, 0.05) is 34.1 Å². The van der Waals surface area contributed by atoms with Gasteiger partial charge >= 0.3 is 0 Å². The second-order valence-electron chi connectivity index (χ2n) is 8.62. The van der Waals surface area contributed by atoms with Crippen LogP contribution in [0.25, 0.3) is 0 Å². The van der Waals surface area contributed by atoms with Gasteiger partial charge in [-0.05, 0) is 79.6 Å². The number of carbonyl (C=O) groups excluding carboxylic acids is 3. The van der Waals surface area contributed by atoms with E-state index in [4.69, 9.17) is 4.74 Å². The van der Waals surface area contributed by atoms with Crippen molar-refractivity contribution >= 4 is 34.8 Å². The summed E-state index contributed by atoms with van der Waals surface area (Å²) in [5.41, 5.74) is 2.73. The molecule has 0 spiro atoms. The molecule has 7 nitrogen and oxygen atoms in total. The van der Waals surface area contributed by atoms with Crippen LogP contribution in [-0.2, 0) is 4.79 Å². The fraction of sp³-hybridized carbons (Fsp3) is 0.250. The molecule has 7 heteroatoms. The van der Waals surface area contributed by atoms with Gasteiger partial charge in [0.05, 0.1) is 7.11 Å². The van der Waals surface area contributed by atoms with Crippen LogP contribution in [0.3, 0.4) is 0 Å². The van der Waals surface area contributed by atoms with Crippen molar-refractivity contribution in [1.29, 1.82) is 0 Å². The number of amides is 3. The normalized spacial score (nSPS) is 13.5. The second kappa shape index (κ2) is 11.3. The summed E-state index contributed by atoms with van der Waals surface area (Å²) in [5.74, 6) is 0.219. The molecule has 0 radical (unpaired) electrons. The summed E-state index contributed by atoms with van der Waals surface area (Å²) < 4.78 is 5.12. The van der Waals surface area contributed by atoms with E-state index in [-0.39, 0.29) is 23.6 Å². The molecule has 0 aliphatic heterocycles. The summed E-state index contributed by atoms with van der Waals surface area (Å²) >= 11 is 0. The lowest BCUT2D eigenvalue weighted by atomic mass is 9.88. The van der Waals surface area contributed by atoms with E-state index in [9.17, 15) is 14.4 Å². The van der Waals surface area contributed by atoms with Crippen molar-refractivity contribution in [2.24, 2.45) is 5.92 Å². The third-order valence-corrected chi connectivity index (χ3v) is 6.12. The molecular weight excluding hydrogens is 442 g/mol. The lowest BCUT2D eigenvalue weighted by Crippen LogP contribution is -2.24. The monoisotopic (exact) mass is 471 g/mol. The summed E-state index contributed by atoms with van der Waals surface area (Å²) in [6.07, 6.45) is 5.19. The number of carbonyl (C=O) groups is 3. The van der Waals surface area contributed by atoms with Crippen LogP contribution in [0.2, 0.25) is 0 Å². The molecule has 3 amide bonds. The predicted octanol–water partition coefficient (Wildman–Crippen LogP) is 5.72. The van der Waals surface area contributed by atoms with Gasteiger partial charge in [-0.1, -0.05) is 25.3 Å². The molecule has 1 saturated carbocycles. The van der Waals surface area contributed by atoms with E-state index in [0.29, 0.717) is 33.9 Å². The third kappa shape index (κ3) is 6.47. The van der Waals surface area contributed by atoms with Crippen molar-refractivity contribution in [3.05, 3.63) is 83.9 Å². The van der Waals surface area contributed by atoms with E-state index in [1.807, 2.05) is 0 Å². The Morgan fingerprint density at radius 2 is 1.29 bits per heavy atom. The summed E-state index contributed by atoms with van der Waals surface area (Å²) in [5, 5.41) is 8.60. The molecule has 0 saturated heterocycles. The maximum atomic E-state index is 12.8. The lowest BCUT2D eigenvalue weighted by molar-refractivity contribution is -0.120. The van der Waals surface area contributed by atoms with Crippen molar-refractivity contribution in [2.45, 2.75) is 32.1 Å². The Hall–Kier alpha value is -4.13. The maximum absolute atomic E-state index is 12.8. The van der Waals surface area contributed by atoms with Crippen LogP contribution in [0.1, 0.15) is 52.8 Å². The van der Waals surface area contributed by atoms with E-state index in [1.54, 1.807) is 79.9 Å². The SMILES string of the molecule is COc1ccc(NC(=O)c2ccc(NC(=O)c3cccc(NC(=O)C4CCCCC4)c3)cc2)cc1. The highest BCUT2D eigenvalue weighted by Gasteiger charge is 2.21. The Morgan fingerprint density at radius 1 is 0.686 bits per heavy atom. The van der Waals surface area contributed by atoms with Crippen molar-refractivity contribution < 1.29 is 19.1 Å². The van der Waals surface area contributed by atoms with Crippen LogP contribution in [0.4, 0.5) is 17.1 Å². The standard InChI is InChI=1S/C28H29N3O4/c1-35-25-16-14-23(15-17-25)29-27(33)20-10-12-22(13-11-20)30-28(34)21-8-5-9-24(18-21)31-26(32)19-6-3-2-4-7-19/h5,8-19H,2-4,6-7H2,1H3,(H,29,33)(H,30,34)(H,31,32). The number of hydrogen-bond acceptors (Lipinski definition) is 4. The van der Waals surface area contributed by atoms with Crippen LogP contribution in [0.15, 0.2) is 72.8 Å². The Bertz CT molecular complexity index is 1180. The fourth-order valence-corrected chi connectivity index (χ4v) is 4.13. The van der Waals surface area contributed by atoms with Crippen LogP contribution in [0, 0.1) is 5.92 Å². The van der Waals surface area contributed by atoms with E-state index < -0.39 is 0 Å². The molecule has 0 atom stereocenters. The maximum Gasteiger partial charge on any atom is 0.255 e. The number of methoxy groups -OCH3 is 1. The summed E-state index contributed by atoms with van der Waals surface area (Å²) in [6, 6.07) is 20.6. The summed E-state index contributed by atoms with van der Waals surface area (Å²) in [6.45, 7) is 0. The molecule has 35 heavy (non-hydrogen) atoms. The molecule has 1 aliphatic rings. The minimum Gasteiger partial charge on any atom is -0.497 e. The van der Waals surface area contributed by atoms with Gasteiger partial charge in [-0.3, -0.25) is 14.4 Å². The molecule has 0 heterocycles. The zero-order valence-corrected chi connectivity index (χ0v) is 19.7. The van der Waals surface area contributed by atoms with Gasteiger partial charge in [0.2, 0.25) is 5.91 Å². The minimum atomic E-state index is -0.297. The van der Waals surface area contributed by atoms with Crippen LogP contribution in [0.5, 0.6) is 5.75 Å². The van der Waals surface area contributed by atoms with Crippen LogP contribution >= 0.6 is 0 Å². The average molecular weight is 472 g/mol. The Balaban J connectivity index is 1.34. The molecule has 180 valence electrons. The van der Waals surface area contributed by atoms with E-state index in [0.717, 1.165) is 25.7 Å². The van der Waals surface area contributed by atoms with Gasteiger partial charge in [-0.15, -0.1) is 0 Å². The molecular formula is C28H29N3O4. The van der Waals surface area contributed by atoms with Crippen molar-refractivity contribution in [3.8, 4) is 5.75 Å². The van der Waals surface area contributed by atoms with E-state index >= 15 is 0 Å². The molecule has 3 aromatic carbocycles. The third-order valence-electron chi connectivity index (χ3n) is 6.12. The lowest BCUT2D eigenvalue weighted by Gasteiger charge is -2.20. The second-order valence-corrected chi connectivity index (χ2v) is 8.62. The quantitative estimate of drug-likeness (QED) is 0.411. The number of rotatable bonds is 7. The zero-order chi connectivity index (χ0) is 24.6. The van der Waals surface area contributed by atoms with Gasteiger partial charge in [0.1, 0.15) is 5.75 Å². The number of anilines is 3. The molecule has 0 aromatic heterocycles. The van der Waals surface area contributed by atoms with Crippen LogP contribution in [-0.4, -0.2) is 24.8 Å². The van der Waals surface area contributed by atoms with Crippen molar-refractivity contribution in [1.82, 2.24) is 0 Å². The van der Waals surface area contributed by atoms with Crippen LogP contribution < -0.4 is 20.7 Å². The van der Waals surface area contributed by atoms with Gasteiger partial charge in [0.25, 0.3) is 11.8 Å². The molecule has 3 aromatic rings. The first-order valence-corrected chi connectivity index (χ1v) is 11.8. The van der Waals surface area contributed by atoms with Gasteiger partial charge in [0.15, 0.2) is 0 Å². The highest BCUT2D eigenvalue weighted by atomic mass is 16.5. The molecule has 1 aliphatic carbocycles. The van der Waals surface area contributed by atoms with E-state index in [2.05, 4.69) is 16.0 Å². The predicted molar refractivity (Wildman–Crippen MR) is 137 cm³/mol. The molecule has 1 fully saturated rings. The first-order valence-electron chi connectivity index (χ1n) is 11.8. The van der Waals surface area contributed by atoms with Gasteiger partial charge < -0.3 is 20.7 Å². The Morgan fingerprint density at radius 3 is 1.91 bits per heavy atom. The summed E-state index contributed by atoms with van der Waals surface area (Å²) in [7, 11) is 1.58. The number of benzene rings is 3. The summed E-state index contributed by atoms with van der Waals surface area (Å²) in [4.78, 5) is 37.8. The minimum absolute atomic E-state index is 0.0192. The number of hydrogen-bond donors (Lipinski definition) is 3. The molecule has 0 unspecified atom stereocenters. The van der Waals surface area contributed by atoms with E-state index in [1.165, 1.54) is 6.42 Å². The fourth-order valence-electron chi connectivity index (χ4n) is 4.13. The Labute approximate surface area is 204 Å². The Kier molecular flexibility index (Phi) is 7.77. The largest absolute Gasteiger partial charge is 0.497 e. The highest BCUT2D eigenvalue weighted by molar-refractivity contribution is 6.07. The molecule has 4 rings (SSSR count). The molecule has 0 bridgehead atoms. The van der Waals surface area contributed by atoms with Gasteiger partial charge in [-0.25, -0.2) is 0 Å². The zero-order valence-electron chi connectivity index (χ0n) is 19.7. The van der Waals surface area contributed by atoms with Crippen molar-refractivity contribution in [2.75, 3.05) is 23.1 Å². The number of nitrogens with one attached hydrogen (secondary N) is 3. The number of ether oxygens (including phenoxy) is 1. The van der Waals surface area contributed by atoms with Gasteiger partial charge in [-0.2, -0.15) is 0 Å². The smallest absolute Gasteiger partial charge is 0.255 e. The topological polar surface area (TPSA) is 96.5 Å². The highest BCUT2D eigenvalue weighted by Crippen LogP contribution is 2.25. The average Bonchev–Trinajstić information content (AvgIpc) is 2.90.